The standard InChI is InChI=1S/C24H35NO6S/c1-17(11-12-20-19(3)10-7-14-24(20,4)5)8-6-9-18(2)16-22(26)25-21(23(27)28)13-15-32(29,30)31/h6,8-9,11-12,16,21H,7,10,13-15H2,1-5H3,(H,25,26)(H,27,28)(H,29,30,31)/b9-6+,12-11+,17-8+,18-16-/t21-/m1/s1. The van der Waals surface area contributed by atoms with Crippen LogP contribution in [0, 0.1) is 5.41 Å². The van der Waals surface area contributed by atoms with E-state index in [0.717, 1.165) is 12.0 Å². The Kier molecular flexibility index (Phi) is 10.3. The topological polar surface area (TPSA) is 121 Å². The first-order chi connectivity index (χ1) is 14.7. The molecule has 1 amide bonds. The molecule has 1 atom stereocenters. The van der Waals surface area contributed by atoms with Gasteiger partial charge in [-0.2, -0.15) is 8.42 Å². The number of carbonyl (C=O) groups is 2. The number of nitrogens with one attached hydrogen (secondary N) is 1. The number of amides is 1. The monoisotopic (exact) mass is 465 g/mol. The smallest absolute Gasteiger partial charge is 0.326 e. The van der Waals surface area contributed by atoms with Crippen LogP contribution in [0.1, 0.15) is 60.3 Å². The van der Waals surface area contributed by atoms with Crippen molar-refractivity contribution in [2.45, 2.75) is 66.3 Å². The predicted molar refractivity (Wildman–Crippen MR) is 127 cm³/mol. The highest BCUT2D eigenvalue weighted by Crippen LogP contribution is 2.40. The normalized spacial score (nSPS) is 18.9. The van der Waals surface area contributed by atoms with Crippen LogP contribution in [0.2, 0.25) is 0 Å². The minimum absolute atomic E-state index is 0.177. The largest absolute Gasteiger partial charge is 0.480 e. The minimum atomic E-state index is -4.31. The summed E-state index contributed by atoms with van der Waals surface area (Å²) in [7, 11) is -4.31. The molecule has 7 nitrogen and oxygen atoms in total. The molecule has 1 rings (SSSR count). The molecule has 3 N–H and O–H groups in total. The molecule has 0 saturated carbocycles. The SMILES string of the molecule is CC1=C(/C=C/C(C)=C/C=C/C(C)=C\C(=O)N[C@H](CCS(=O)(=O)O)C(=O)O)C(C)(C)CCC1. The van der Waals surface area contributed by atoms with Crippen molar-refractivity contribution in [3.8, 4) is 0 Å². The Morgan fingerprint density at radius 1 is 1.19 bits per heavy atom. The van der Waals surface area contributed by atoms with E-state index >= 15 is 0 Å². The molecule has 32 heavy (non-hydrogen) atoms. The number of allylic oxidation sites excluding steroid dienone is 9. The average molecular weight is 466 g/mol. The number of carboxylic acids is 1. The second-order valence-corrected chi connectivity index (χ2v) is 10.5. The summed E-state index contributed by atoms with van der Waals surface area (Å²) < 4.78 is 30.3. The van der Waals surface area contributed by atoms with Crippen molar-refractivity contribution in [1.82, 2.24) is 5.32 Å². The van der Waals surface area contributed by atoms with Crippen LogP contribution in [0.5, 0.6) is 0 Å². The van der Waals surface area contributed by atoms with Gasteiger partial charge in [0.1, 0.15) is 6.04 Å². The lowest BCUT2D eigenvalue weighted by molar-refractivity contribution is -0.141. The van der Waals surface area contributed by atoms with Crippen molar-refractivity contribution in [1.29, 1.82) is 0 Å². The van der Waals surface area contributed by atoms with E-state index in [2.05, 4.69) is 38.2 Å². The number of aliphatic carboxylic acids is 1. The molecule has 1 aliphatic rings. The Balaban J connectivity index is 2.74. The maximum Gasteiger partial charge on any atom is 0.326 e. The van der Waals surface area contributed by atoms with Gasteiger partial charge in [0.15, 0.2) is 0 Å². The molecule has 0 fully saturated rings. The van der Waals surface area contributed by atoms with E-state index < -0.39 is 40.2 Å². The van der Waals surface area contributed by atoms with E-state index in [4.69, 9.17) is 9.66 Å². The van der Waals surface area contributed by atoms with Crippen LogP contribution in [-0.2, 0) is 19.7 Å². The molecule has 0 aromatic carbocycles. The van der Waals surface area contributed by atoms with Crippen LogP contribution < -0.4 is 5.32 Å². The quantitative estimate of drug-likeness (QED) is 0.250. The molecule has 0 bridgehead atoms. The third kappa shape index (κ3) is 10.2. The van der Waals surface area contributed by atoms with Crippen molar-refractivity contribution >= 4 is 22.0 Å². The van der Waals surface area contributed by atoms with Crippen molar-refractivity contribution in [2.75, 3.05) is 5.75 Å². The van der Waals surface area contributed by atoms with Crippen LogP contribution >= 0.6 is 0 Å². The molecule has 0 aromatic heterocycles. The van der Waals surface area contributed by atoms with E-state index in [0.29, 0.717) is 5.57 Å². The highest BCUT2D eigenvalue weighted by Gasteiger charge is 2.26. The summed E-state index contributed by atoms with van der Waals surface area (Å²) in [6, 6.07) is -1.41. The van der Waals surface area contributed by atoms with E-state index in [9.17, 15) is 18.0 Å². The Morgan fingerprint density at radius 3 is 2.41 bits per heavy atom. The van der Waals surface area contributed by atoms with Gasteiger partial charge >= 0.3 is 5.97 Å². The Hall–Kier alpha value is -2.45. The molecule has 178 valence electrons. The van der Waals surface area contributed by atoms with Gasteiger partial charge < -0.3 is 10.4 Å². The average Bonchev–Trinajstić information content (AvgIpc) is 2.63. The van der Waals surface area contributed by atoms with E-state index in [1.165, 1.54) is 30.1 Å². The zero-order chi connectivity index (χ0) is 24.5. The fourth-order valence-corrected chi connectivity index (χ4v) is 4.16. The van der Waals surface area contributed by atoms with Crippen molar-refractivity contribution in [3.05, 3.63) is 58.7 Å². The van der Waals surface area contributed by atoms with Gasteiger partial charge in [0.2, 0.25) is 5.91 Å². The van der Waals surface area contributed by atoms with Crippen molar-refractivity contribution in [2.24, 2.45) is 5.41 Å². The highest BCUT2D eigenvalue weighted by atomic mass is 32.2. The van der Waals surface area contributed by atoms with Crippen LogP contribution in [-0.4, -0.2) is 41.7 Å². The molecule has 1 aliphatic carbocycles. The molecule has 0 saturated heterocycles. The van der Waals surface area contributed by atoms with Gasteiger partial charge in [-0.1, -0.05) is 55.4 Å². The molecule has 0 aliphatic heterocycles. The van der Waals surface area contributed by atoms with E-state index in [-0.39, 0.29) is 5.41 Å². The first-order valence-corrected chi connectivity index (χ1v) is 12.2. The molecule has 0 spiro atoms. The maximum atomic E-state index is 12.0. The lowest BCUT2D eigenvalue weighted by Gasteiger charge is -2.32. The summed E-state index contributed by atoms with van der Waals surface area (Å²) in [6.07, 6.45) is 14.1. The Bertz CT molecular complexity index is 964. The number of carboxylic acid groups (broad SMARTS) is 1. The van der Waals surface area contributed by atoms with Crippen molar-refractivity contribution < 1.29 is 27.7 Å². The number of hydrogen-bond acceptors (Lipinski definition) is 4. The zero-order valence-electron chi connectivity index (χ0n) is 19.5. The van der Waals surface area contributed by atoms with Gasteiger partial charge in [-0.05, 0) is 63.0 Å². The molecular weight excluding hydrogens is 430 g/mol. The second kappa shape index (κ2) is 12.0. The van der Waals surface area contributed by atoms with Crippen LogP contribution in [0.3, 0.4) is 0 Å². The van der Waals surface area contributed by atoms with Gasteiger partial charge in [0.25, 0.3) is 10.1 Å². The van der Waals surface area contributed by atoms with Crippen LogP contribution in [0.15, 0.2) is 58.7 Å². The fourth-order valence-electron chi connectivity index (χ4n) is 3.62. The summed E-state index contributed by atoms with van der Waals surface area (Å²) >= 11 is 0. The van der Waals surface area contributed by atoms with Gasteiger partial charge in [-0.25, -0.2) is 4.79 Å². The molecule has 0 aromatic rings. The summed E-state index contributed by atoms with van der Waals surface area (Å²) in [6.45, 7) is 10.4. The maximum absolute atomic E-state index is 12.0. The zero-order valence-corrected chi connectivity index (χ0v) is 20.3. The second-order valence-electron chi connectivity index (χ2n) is 8.90. The third-order valence-corrected chi connectivity index (χ3v) is 6.16. The van der Waals surface area contributed by atoms with Gasteiger partial charge in [-0.3, -0.25) is 9.35 Å². The first-order valence-electron chi connectivity index (χ1n) is 10.6. The molecule has 0 heterocycles. The van der Waals surface area contributed by atoms with Gasteiger partial charge in [0.05, 0.1) is 5.75 Å². The Labute approximate surface area is 191 Å². The summed E-state index contributed by atoms with van der Waals surface area (Å²) in [5.74, 6) is -2.78. The van der Waals surface area contributed by atoms with E-state index in [1.807, 2.05) is 13.0 Å². The minimum Gasteiger partial charge on any atom is -0.480 e. The summed E-state index contributed by atoms with van der Waals surface area (Å²) in [5, 5.41) is 11.3. The summed E-state index contributed by atoms with van der Waals surface area (Å²) in [5.41, 5.74) is 4.64. The first kappa shape index (κ1) is 27.6. The Morgan fingerprint density at radius 2 is 1.84 bits per heavy atom. The van der Waals surface area contributed by atoms with Crippen LogP contribution in [0.4, 0.5) is 0 Å². The summed E-state index contributed by atoms with van der Waals surface area (Å²) in [4.78, 5) is 23.2. The molecule has 0 radical (unpaired) electrons. The van der Waals surface area contributed by atoms with Gasteiger partial charge in [0, 0.05) is 6.08 Å². The number of rotatable bonds is 10. The van der Waals surface area contributed by atoms with Crippen molar-refractivity contribution in [3.63, 3.8) is 0 Å². The van der Waals surface area contributed by atoms with Crippen LogP contribution in [0.25, 0.3) is 0 Å². The lowest BCUT2D eigenvalue weighted by atomic mass is 9.72. The molecule has 0 unspecified atom stereocenters. The predicted octanol–water partition coefficient (Wildman–Crippen LogP) is 4.37. The molecule has 8 heteroatoms. The highest BCUT2D eigenvalue weighted by molar-refractivity contribution is 7.85. The fraction of sp³-hybridized carbons (Fsp3) is 0.500. The van der Waals surface area contributed by atoms with E-state index in [1.54, 1.807) is 19.1 Å². The van der Waals surface area contributed by atoms with Gasteiger partial charge in [-0.15, -0.1) is 0 Å². The number of carbonyl (C=O) groups excluding carboxylic acids is 1. The third-order valence-electron chi connectivity index (χ3n) is 5.41. The lowest BCUT2D eigenvalue weighted by Crippen LogP contribution is -2.41. The number of hydrogen-bond donors (Lipinski definition) is 3. The molecular formula is C24H35NO6S.